The van der Waals surface area contributed by atoms with Gasteiger partial charge in [-0.1, -0.05) is 26.5 Å². The standard InChI is InChI=1S/C14H20N2/c1-10(2)13-7-12-5-6-16(11(3)4)9-14(12)15-8-13/h7-8,10H,3,5-6,9H2,1-2,4H3. The van der Waals surface area contributed by atoms with Crippen molar-refractivity contribution in [1.82, 2.24) is 9.88 Å². The molecule has 1 aliphatic rings. The van der Waals surface area contributed by atoms with Gasteiger partial charge in [-0.25, -0.2) is 0 Å². The largest absolute Gasteiger partial charge is 0.369 e. The van der Waals surface area contributed by atoms with Crippen LogP contribution in [0.5, 0.6) is 0 Å². The number of pyridine rings is 1. The summed E-state index contributed by atoms with van der Waals surface area (Å²) in [6, 6.07) is 2.32. The van der Waals surface area contributed by atoms with Crippen molar-refractivity contribution in [3.05, 3.63) is 41.4 Å². The van der Waals surface area contributed by atoms with Crippen molar-refractivity contribution < 1.29 is 0 Å². The third-order valence-electron chi connectivity index (χ3n) is 3.28. The molecule has 1 aliphatic heterocycles. The molecule has 1 aromatic rings. The number of hydrogen-bond donors (Lipinski definition) is 0. The van der Waals surface area contributed by atoms with Gasteiger partial charge in [-0.2, -0.15) is 0 Å². The van der Waals surface area contributed by atoms with Crippen molar-refractivity contribution >= 4 is 0 Å². The summed E-state index contributed by atoms with van der Waals surface area (Å²) in [5, 5.41) is 0. The van der Waals surface area contributed by atoms with E-state index in [2.05, 4.69) is 43.3 Å². The Morgan fingerprint density at radius 1 is 1.50 bits per heavy atom. The molecular formula is C14H20N2. The highest BCUT2D eigenvalue weighted by molar-refractivity contribution is 5.29. The molecule has 0 N–H and O–H groups in total. The van der Waals surface area contributed by atoms with Crippen molar-refractivity contribution in [3.8, 4) is 0 Å². The summed E-state index contributed by atoms with van der Waals surface area (Å²) >= 11 is 0. The predicted molar refractivity (Wildman–Crippen MR) is 67.3 cm³/mol. The topological polar surface area (TPSA) is 16.1 Å². The molecule has 0 saturated carbocycles. The second-order valence-corrected chi connectivity index (χ2v) is 4.94. The minimum absolute atomic E-state index is 0.567. The van der Waals surface area contributed by atoms with Crippen LogP contribution in [0.3, 0.4) is 0 Å². The van der Waals surface area contributed by atoms with E-state index in [9.17, 15) is 0 Å². The number of allylic oxidation sites excluding steroid dienone is 1. The van der Waals surface area contributed by atoms with Gasteiger partial charge in [-0.15, -0.1) is 0 Å². The van der Waals surface area contributed by atoms with Crippen molar-refractivity contribution in [2.45, 2.75) is 39.7 Å². The molecule has 2 rings (SSSR count). The minimum Gasteiger partial charge on any atom is -0.369 e. The molecule has 0 radical (unpaired) electrons. The van der Waals surface area contributed by atoms with Gasteiger partial charge in [0.15, 0.2) is 0 Å². The molecule has 0 atom stereocenters. The lowest BCUT2D eigenvalue weighted by Crippen LogP contribution is -2.29. The van der Waals surface area contributed by atoms with Crippen LogP contribution in [0.15, 0.2) is 24.5 Å². The van der Waals surface area contributed by atoms with Gasteiger partial charge in [-0.05, 0) is 30.4 Å². The number of aromatic nitrogens is 1. The van der Waals surface area contributed by atoms with Crippen LogP contribution < -0.4 is 0 Å². The highest BCUT2D eigenvalue weighted by Gasteiger charge is 2.17. The summed E-state index contributed by atoms with van der Waals surface area (Å²) in [6.07, 6.45) is 3.11. The van der Waals surface area contributed by atoms with E-state index >= 15 is 0 Å². The van der Waals surface area contributed by atoms with Crippen LogP contribution in [0, 0.1) is 0 Å². The zero-order valence-corrected chi connectivity index (χ0v) is 10.5. The van der Waals surface area contributed by atoms with Gasteiger partial charge in [-0.3, -0.25) is 4.98 Å². The van der Waals surface area contributed by atoms with E-state index < -0.39 is 0 Å². The quantitative estimate of drug-likeness (QED) is 0.755. The molecule has 2 nitrogen and oxygen atoms in total. The first-order valence-electron chi connectivity index (χ1n) is 5.96. The summed E-state index contributed by atoms with van der Waals surface area (Å²) in [6.45, 7) is 12.5. The molecule has 0 bridgehead atoms. The molecule has 16 heavy (non-hydrogen) atoms. The Balaban J connectivity index is 2.25. The SMILES string of the molecule is C=C(C)N1CCc2cc(C(C)C)cnc2C1. The van der Waals surface area contributed by atoms with Gasteiger partial charge in [0.2, 0.25) is 0 Å². The minimum atomic E-state index is 0.567. The van der Waals surface area contributed by atoms with Crippen LogP contribution in [0.25, 0.3) is 0 Å². The zero-order chi connectivity index (χ0) is 11.7. The average Bonchev–Trinajstić information content (AvgIpc) is 2.27. The Labute approximate surface area is 98.0 Å². The second kappa shape index (κ2) is 4.28. The molecule has 0 aromatic carbocycles. The number of rotatable bonds is 2. The first-order chi connectivity index (χ1) is 7.58. The van der Waals surface area contributed by atoms with E-state index in [-0.39, 0.29) is 0 Å². The van der Waals surface area contributed by atoms with E-state index in [4.69, 9.17) is 0 Å². The molecule has 1 aromatic heterocycles. The highest BCUT2D eigenvalue weighted by Crippen LogP contribution is 2.23. The fraction of sp³-hybridized carbons (Fsp3) is 0.500. The van der Waals surface area contributed by atoms with E-state index in [0.29, 0.717) is 5.92 Å². The van der Waals surface area contributed by atoms with Gasteiger partial charge < -0.3 is 4.90 Å². The molecule has 0 unspecified atom stereocenters. The monoisotopic (exact) mass is 216 g/mol. The molecule has 0 aliphatic carbocycles. The zero-order valence-electron chi connectivity index (χ0n) is 10.5. The van der Waals surface area contributed by atoms with Crippen LogP contribution in [-0.2, 0) is 13.0 Å². The average molecular weight is 216 g/mol. The summed E-state index contributed by atoms with van der Waals surface area (Å²) < 4.78 is 0. The normalized spacial score (nSPS) is 15.1. The molecule has 2 heteroatoms. The maximum absolute atomic E-state index is 4.59. The van der Waals surface area contributed by atoms with Gasteiger partial charge in [0.25, 0.3) is 0 Å². The van der Waals surface area contributed by atoms with Gasteiger partial charge >= 0.3 is 0 Å². The lowest BCUT2D eigenvalue weighted by Gasteiger charge is -2.30. The smallest absolute Gasteiger partial charge is 0.0629 e. The number of fused-ring (bicyclic) bond motifs is 1. The van der Waals surface area contributed by atoms with Crippen molar-refractivity contribution in [2.75, 3.05) is 6.54 Å². The Kier molecular flexibility index (Phi) is 2.99. The van der Waals surface area contributed by atoms with Crippen LogP contribution in [0.2, 0.25) is 0 Å². The third-order valence-corrected chi connectivity index (χ3v) is 3.28. The molecule has 0 amide bonds. The summed E-state index contributed by atoms with van der Waals surface area (Å²) in [7, 11) is 0. The Bertz CT molecular complexity index is 407. The van der Waals surface area contributed by atoms with E-state index in [1.54, 1.807) is 0 Å². The van der Waals surface area contributed by atoms with Crippen molar-refractivity contribution in [2.24, 2.45) is 0 Å². The lowest BCUT2D eigenvalue weighted by atomic mass is 9.98. The molecular weight excluding hydrogens is 196 g/mol. The van der Waals surface area contributed by atoms with Crippen LogP contribution in [0.1, 0.15) is 43.5 Å². The summed E-state index contributed by atoms with van der Waals surface area (Å²) in [5.74, 6) is 0.567. The molecule has 86 valence electrons. The molecule has 0 saturated heterocycles. The predicted octanol–water partition coefficient (Wildman–Crippen LogP) is 3.10. The fourth-order valence-corrected chi connectivity index (χ4v) is 2.07. The number of hydrogen-bond acceptors (Lipinski definition) is 2. The van der Waals surface area contributed by atoms with E-state index in [1.165, 1.54) is 16.8 Å². The van der Waals surface area contributed by atoms with Crippen LogP contribution >= 0.6 is 0 Å². The summed E-state index contributed by atoms with van der Waals surface area (Å²) in [4.78, 5) is 6.89. The lowest BCUT2D eigenvalue weighted by molar-refractivity contribution is 0.318. The second-order valence-electron chi connectivity index (χ2n) is 4.94. The fourth-order valence-electron chi connectivity index (χ4n) is 2.07. The molecule has 0 spiro atoms. The maximum Gasteiger partial charge on any atom is 0.0629 e. The van der Waals surface area contributed by atoms with Crippen LogP contribution in [0.4, 0.5) is 0 Å². The van der Waals surface area contributed by atoms with Crippen LogP contribution in [-0.4, -0.2) is 16.4 Å². The Morgan fingerprint density at radius 2 is 2.25 bits per heavy atom. The molecule has 0 fully saturated rings. The van der Waals surface area contributed by atoms with Gasteiger partial charge in [0.05, 0.1) is 12.2 Å². The van der Waals surface area contributed by atoms with Gasteiger partial charge in [0.1, 0.15) is 0 Å². The van der Waals surface area contributed by atoms with E-state index in [0.717, 1.165) is 25.2 Å². The van der Waals surface area contributed by atoms with E-state index in [1.807, 2.05) is 6.20 Å². The Morgan fingerprint density at radius 3 is 2.88 bits per heavy atom. The maximum atomic E-state index is 4.59. The first kappa shape index (κ1) is 11.2. The highest BCUT2D eigenvalue weighted by atomic mass is 15.1. The summed E-state index contributed by atoms with van der Waals surface area (Å²) in [5.41, 5.74) is 5.13. The van der Waals surface area contributed by atoms with Gasteiger partial charge in [0, 0.05) is 18.4 Å². The number of nitrogens with zero attached hydrogens (tertiary/aromatic N) is 2. The first-order valence-corrected chi connectivity index (χ1v) is 5.96. The van der Waals surface area contributed by atoms with Crippen molar-refractivity contribution in [3.63, 3.8) is 0 Å². The Hall–Kier alpha value is -1.31. The van der Waals surface area contributed by atoms with Crippen molar-refractivity contribution in [1.29, 1.82) is 0 Å². The molecule has 2 heterocycles. The third kappa shape index (κ3) is 2.11.